The Bertz CT molecular complexity index is 500. The van der Waals surface area contributed by atoms with Crippen molar-refractivity contribution < 1.29 is 19.4 Å². The Hall–Kier alpha value is -2.08. The highest BCUT2D eigenvalue weighted by Crippen LogP contribution is 2.16. The fourth-order valence-corrected chi connectivity index (χ4v) is 2.38. The molecule has 1 heterocycles. The molecule has 6 nitrogen and oxygen atoms in total. The highest BCUT2D eigenvalue weighted by molar-refractivity contribution is 5.82. The number of carbonyl (C=O) groups excluding carboxylic acids is 1. The predicted molar refractivity (Wildman–Crippen MR) is 82.9 cm³/mol. The Morgan fingerprint density at radius 3 is 2.50 bits per heavy atom. The zero-order valence-electron chi connectivity index (χ0n) is 12.8. The molecule has 0 aliphatic carbocycles. The van der Waals surface area contributed by atoms with Crippen LogP contribution >= 0.6 is 0 Å². The molecule has 22 heavy (non-hydrogen) atoms. The molecule has 2 rings (SSSR count). The topological polar surface area (TPSA) is 70.1 Å². The van der Waals surface area contributed by atoms with Crippen LogP contribution in [0.15, 0.2) is 30.3 Å². The van der Waals surface area contributed by atoms with Crippen molar-refractivity contribution in [2.24, 2.45) is 5.92 Å². The number of carboxylic acids is 1. The number of carboxylic acid groups (broad SMARTS) is 1. The van der Waals surface area contributed by atoms with Crippen LogP contribution in [0, 0.1) is 5.92 Å². The van der Waals surface area contributed by atoms with Crippen LogP contribution in [-0.4, -0.2) is 61.3 Å². The molecule has 0 radical (unpaired) electrons. The largest absolute Gasteiger partial charge is 0.481 e. The van der Waals surface area contributed by atoms with Crippen molar-refractivity contribution in [1.82, 2.24) is 4.90 Å². The maximum Gasteiger partial charge on any atom is 0.308 e. The minimum Gasteiger partial charge on any atom is -0.481 e. The van der Waals surface area contributed by atoms with E-state index >= 15 is 0 Å². The number of ether oxygens (including phenoxy) is 1. The van der Waals surface area contributed by atoms with E-state index in [0.29, 0.717) is 32.8 Å². The fourth-order valence-electron chi connectivity index (χ4n) is 2.38. The molecule has 0 bridgehead atoms. The Labute approximate surface area is 130 Å². The smallest absolute Gasteiger partial charge is 0.308 e. The number of aliphatic carboxylic acids is 1. The lowest BCUT2D eigenvalue weighted by Gasteiger charge is -2.31. The van der Waals surface area contributed by atoms with E-state index in [1.807, 2.05) is 35.2 Å². The van der Waals surface area contributed by atoms with Crippen molar-refractivity contribution in [2.45, 2.75) is 6.92 Å². The average molecular weight is 306 g/mol. The van der Waals surface area contributed by atoms with Gasteiger partial charge in [-0.3, -0.25) is 9.59 Å². The molecule has 1 aliphatic heterocycles. The summed E-state index contributed by atoms with van der Waals surface area (Å²) in [6.07, 6.45) is 0. The number of carbonyl (C=O) groups is 2. The van der Waals surface area contributed by atoms with Crippen molar-refractivity contribution in [3.05, 3.63) is 30.3 Å². The second-order valence-corrected chi connectivity index (χ2v) is 5.45. The molecular weight excluding hydrogens is 284 g/mol. The van der Waals surface area contributed by atoms with Crippen LogP contribution in [0.2, 0.25) is 0 Å². The van der Waals surface area contributed by atoms with E-state index in [9.17, 15) is 9.59 Å². The van der Waals surface area contributed by atoms with Crippen molar-refractivity contribution in [3.63, 3.8) is 0 Å². The number of anilines is 1. The first-order chi connectivity index (χ1) is 10.6. The summed E-state index contributed by atoms with van der Waals surface area (Å²) in [4.78, 5) is 27.1. The van der Waals surface area contributed by atoms with Gasteiger partial charge in [-0.2, -0.15) is 0 Å². The van der Waals surface area contributed by atoms with E-state index in [4.69, 9.17) is 9.84 Å². The summed E-state index contributed by atoms with van der Waals surface area (Å²) in [5.41, 5.74) is 0.859. The third-order valence-electron chi connectivity index (χ3n) is 3.73. The number of benzene rings is 1. The highest BCUT2D eigenvalue weighted by Gasteiger charge is 2.22. The Morgan fingerprint density at radius 1 is 1.27 bits per heavy atom. The molecule has 0 aromatic heterocycles. The van der Waals surface area contributed by atoms with Gasteiger partial charge in [0, 0.05) is 25.3 Å². The van der Waals surface area contributed by atoms with Gasteiger partial charge in [0.2, 0.25) is 5.91 Å². The molecule has 1 amide bonds. The van der Waals surface area contributed by atoms with E-state index in [2.05, 4.69) is 0 Å². The molecule has 0 spiro atoms. The van der Waals surface area contributed by atoms with Crippen molar-refractivity contribution in [2.75, 3.05) is 44.3 Å². The van der Waals surface area contributed by atoms with Crippen LogP contribution < -0.4 is 4.90 Å². The standard InChI is InChI=1S/C16H22N2O4/c1-13(16(20)21)11-18(14-5-3-2-4-6-14)12-15(19)17-7-9-22-10-8-17/h2-6,13H,7-12H2,1H3,(H,20,21). The van der Waals surface area contributed by atoms with Gasteiger partial charge in [-0.15, -0.1) is 0 Å². The Morgan fingerprint density at radius 2 is 1.91 bits per heavy atom. The van der Waals surface area contributed by atoms with Gasteiger partial charge in [-0.1, -0.05) is 25.1 Å². The molecule has 1 aromatic rings. The van der Waals surface area contributed by atoms with Crippen molar-refractivity contribution in [1.29, 1.82) is 0 Å². The van der Waals surface area contributed by atoms with Crippen LogP contribution in [0.25, 0.3) is 0 Å². The lowest BCUT2D eigenvalue weighted by molar-refractivity contribution is -0.141. The SMILES string of the molecule is CC(CN(CC(=O)N1CCOCC1)c1ccccc1)C(=O)O. The maximum absolute atomic E-state index is 12.4. The molecule has 1 atom stereocenters. The minimum atomic E-state index is -0.861. The quantitative estimate of drug-likeness (QED) is 0.851. The molecule has 1 aromatic carbocycles. The third-order valence-corrected chi connectivity index (χ3v) is 3.73. The molecule has 1 saturated heterocycles. The number of morpholine rings is 1. The van der Waals surface area contributed by atoms with Gasteiger partial charge in [0.25, 0.3) is 0 Å². The van der Waals surface area contributed by atoms with Gasteiger partial charge in [-0.25, -0.2) is 0 Å². The van der Waals surface area contributed by atoms with Crippen LogP contribution in [-0.2, 0) is 14.3 Å². The first-order valence-electron chi connectivity index (χ1n) is 7.46. The molecule has 6 heteroatoms. The summed E-state index contributed by atoms with van der Waals surface area (Å²) in [5.74, 6) is -1.40. The number of hydrogen-bond donors (Lipinski definition) is 1. The lowest BCUT2D eigenvalue weighted by atomic mass is 10.1. The molecule has 1 unspecified atom stereocenters. The van der Waals surface area contributed by atoms with E-state index in [1.165, 1.54) is 0 Å². The second-order valence-electron chi connectivity index (χ2n) is 5.45. The van der Waals surface area contributed by atoms with E-state index in [1.54, 1.807) is 11.8 Å². The van der Waals surface area contributed by atoms with Crippen LogP contribution in [0.3, 0.4) is 0 Å². The van der Waals surface area contributed by atoms with Crippen LogP contribution in [0.1, 0.15) is 6.92 Å². The number of nitrogens with zero attached hydrogens (tertiary/aromatic N) is 2. The van der Waals surface area contributed by atoms with Gasteiger partial charge >= 0.3 is 5.97 Å². The molecule has 0 saturated carbocycles. The average Bonchev–Trinajstić information content (AvgIpc) is 2.55. The van der Waals surface area contributed by atoms with Crippen molar-refractivity contribution in [3.8, 4) is 0 Å². The van der Waals surface area contributed by atoms with Crippen LogP contribution in [0.4, 0.5) is 5.69 Å². The number of para-hydroxylation sites is 1. The van der Waals surface area contributed by atoms with Gasteiger partial charge in [-0.05, 0) is 12.1 Å². The summed E-state index contributed by atoms with van der Waals surface area (Å²) in [5, 5.41) is 9.12. The molecule has 1 aliphatic rings. The normalized spacial score (nSPS) is 16.1. The first kappa shape index (κ1) is 16.3. The molecule has 120 valence electrons. The summed E-state index contributed by atoms with van der Waals surface area (Å²) >= 11 is 0. The highest BCUT2D eigenvalue weighted by atomic mass is 16.5. The van der Waals surface area contributed by atoms with E-state index < -0.39 is 11.9 Å². The number of rotatable bonds is 6. The molecule has 1 N–H and O–H groups in total. The first-order valence-corrected chi connectivity index (χ1v) is 7.46. The summed E-state index contributed by atoms with van der Waals surface area (Å²) in [7, 11) is 0. The fraction of sp³-hybridized carbons (Fsp3) is 0.500. The van der Waals surface area contributed by atoms with Gasteiger partial charge in [0.15, 0.2) is 0 Å². The predicted octanol–water partition coefficient (Wildman–Crippen LogP) is 1.07. The zero-order valence-corrected chi connectivity index (χ0v) is 12.8. The monoisotopic (exact) mass is 306 g/mol. The Balaban J connectivity index is 2.06. The number of amides is 1. The molecule has 1 fully saturated rings. The lowest BCUT2D eigenvalue weighted by Crippen LogP contribution is -2.47. The minimum absolute atomic E-state index is 0.00439. The maximum atomic E-state index is 12.4. The second kappa shape index (κ2) is 7.79. The van der Waals surface area contributed by atoms with Crippen LogP contribution in [0.5, 0.6) is 0 Å². The molecular formula is C16H22N2O4. The van der Waals surface area contributed by atoms with Gasteiger partial charge in [0.05, 0.1) is 25.7 Å². The van der Waals surface area contributed by atoms with Gasteiger partial charge in [0.1, 0.15) is 0 Å². The van der Waals surface area contributed by atoms with Crippen molar-refractivity contribution >= 4 is 17.6 Å². The third kappa shape index (κ3) is 4.46. The Kier molecular flexibility index (Phi) is 5.77. The van der Waals surface area contributed by atoms with Gasteiger partial charge < -0.3 is 19.6 Å². The van der Waals surface area contributed by atoms with E-state index in [0.717, 1.165) is 5.69 Å². The summed E-state index contributed by atoms with van der Waals surface area (Å²) < 4.78 is 5.25. The summed E-state index contributed by atoms with van der Waals surface area (Å²) in [6, 6.07) is 9.44. The van der Waals surface area contributed by atoms with E-state index in [-0.39, 0.29) is 12.5 Å². The summed E-state index contributed by atoms with van der Waals surface area (Å²) in [6.45, 7) is 4.44. The number of hydrogen-bond acceptors (Lipinski definition) is 4. The zero-order chi connectivity index (χ0) is 15.9.